The van der Waals surface area contributed by atoms with Crippen LogP contribution < -0.4 is 10.5 Å². The van der Waals surface area contributed by atoms with Crippen molar-refractivity contribution in [2.24, 2.45) is 0 Å². The predicted octanol–water partition coefficient (Wildman–Crippen LogP) is 3.53. The molecule has 0 amide bonds. The van der Waals surface area contributed by atoms with E-state index in [2.05, 4.69) is 20.9 Å². The van der Waals surface area contributed by atoms with E-state index in [4.69, 9.17) is 15.2 Å². The molecule has 0 saturated heterocycles. The van der Waals surface area contributed by atoms with Crippen molar-refractivity contribution in [3.05, 3.63) is 46.3 Å². The highest BCUT2D eigenvalue weighted by molar-refractivity contribution is 9.10. The maximum atomic E-state index is 13.4. The van der Waals surface area contributed by atoms with Crippen molar-refractivity contribution < 1.29 is 18.7 Å². The molecule has 0 aliphatic heterocycles. The Balaban J connectivity index is 2.26. The number of ether oxygens (including phenoxy) is 2. The smallest absolute Gasteiger partial charge is 0.340 e. The van der Waals surface area contributed by atoms with Gasteiger partial charge in [-0.15, -0.1) is 0 Å². The topological polar surface area (TPSA) is 74.4 Å². The molecule has 0 spiro atoms. The van der Waals surface area contributed by atoms with Crippen molar-refractivity contribution in [2.45, 2.75) is 6.92 Å². The minimum absolute atomic E-state index is 0.119. The second-order valence-corrected chi connectivity index (χ2v) is 4.86. The van der Waals surface area contributed by atoms with Gasteiger partial charge in [-0.25, -0.2) is 14.2 Å². The first-order chi connectivity index (χ1) is 10.0. The van der Waals surface area contributed by atoms with Gasteiger partial charge in [0.1, 0.15) is 11.6 Å². The first-order valence-electron chi connectivity index (χ1n) is 6.06. The van der Waals surface area contributed by atoms with Crippen LogP contribution >= 0.6 is 15.9 Å². The van der Waals surface area contributed by atoms with E-state index in [0.29, 0.717) is 4.47 Å². The summed E-state index contributed by atoms with van der Waals surface area (Å²) >= 11 is 3.05. The summed E-state index contributed by atoms with van der Waals surface area (Å²) in [4.78, 5) is 15.7. The van der Waals surface area contributed by atoms with Crippen LogP contribution in [0.1, 0.15) is 17.3 Å². The number of nitrogens with zero attached hydrogens (tertiary/aromatic N) is 1. The van der Waals surface area contributed by atoms with Gasteiger partial charge in [-0.05, 0) is 35.0 Å². The molecular formula is C14H12BrFN2O3. The van der Waals surface area contributed by atoms with Crippen LogP contribution in [0.5, 0.6) is 11.6 Å². The summed E-state index contributed by atoms with van der Waals surface area (Å²) in [6.07, 6.45) is 1.29. The first kappa shape index (κ1) is 15.2. The molecule has 0 radical (unpaired) electrons. The van der Waals surface area contributed by atoms with Crippen molar-refractivity contribution in [3.8, 4) is 11.6 Å². The van der Waals surface area contributed by atoms with Gasteiger partial charge in [0.25, 0.3) is 0 Å². The van der Waals surface area contributed by atoms with Gasteiger partial charge in [0.15, 0.2) is 0 Å². The minimum Gasteiger partial charge on any atom is -0.462 e. The number of hydrogen-bond acceptors (Lipinski definition) is 5. The standard InChI is InChI=1S/C14H12BrFN2O3/c1-2-20-14(19)9-6-13(18-7-12(9)17)21-8-3-4-10(15)11(16)5-8/h3-7H,2,17H2,1H3. The molecule has 2 N–H and O–H groups in total. The van der Waals surface area contributed by atoms with Crippen LogP contribution in [-0.2, 0) is 4.74 Å². The second-order valence-electron chi connectivity index (χ2n) is 4.01. The number of carbonyl (C=O) groups is 1. The summed E-state index contributed by atoms with van der Waals surface area (Å²) in [5.41, 5.74) is 6.01. The molecule has 0 fully saturated rings. The predicted molar refractivity (Wildman–Crippen MR) is 78.8 cm³/mol. The molecule has 7 heteroatoms. The van der Waals surface area contributed by atoms with Crippen LogP contribution in [0, 0.1) is 5.82 Å². The van der Waals surface area contributed by atoms with Crippen molar-refractivity contribution in [2.75, 3.05) is 12.3 Å². The van der Waals surface area contributed by atoms with Gasteiger partial charge in [0.2, 0.25) is 5.88 Å². The van der Waals surface area contributed by atoms with Gasteiger partial charge in [0, 0.05) is 12.1 Å². The third-order valence-electron chi connectivity index (χ3n) is 2.52. The molecule has 0 aliphatic rings. The minimum atomic E-state index is -0.566. The molecule has 0 aliphatic carbocycles. The van der Waals surface area contributed by atoms with Crippen molar-refractivity contribution in [1.82, 2.24) is 4.98 Å². The third kappa shape index (κ3) is 3.69. The number of halogens is 2. The fourth-order valence-electron chi connectivity index (χ4n) is 1.55. The largest absolute Gasteiger partial charge is 0.462 e. The molecule has 2 rings (SSSR count). The Hall–Kier alpha value is -2.15. The van der Waals surface area contributed by atoms with Gasteiger partial charge >= 0.3 is 5.97 Å². The Morgan fingerprint density at radius 3 is 2.86 bits per heavy atom. The van der Waals surface area contributed by atoms with Crippen LogP contribution in [0.25, 0.3) is 0 Å². The molecule has 21 heavy (non-hydrogen) atoms. The number of rotatable bonds is 4. The van der Waals surface area contributed by atoms with Crippen molar-refractivity contribution >= 4 is 27.6 Å². The average molecular weight is 355 g/mol. The lowest BCUT2D eigenvalue weighted by Gasteiger charge is -2.09. The van der Waals surface area contributed by atoms with Gasteiger partial charge in [0.05, 0.1) is 28.5 Å². The van der Waals surface area contributed by atoms with E-state index in [1.807, 2.05) is 0 Å². The van der Waals surface area contributed by atoms with Gasteiger partial charge in [-0.2, -0.15) is 0 Å². The van der Waals surface area contributed by atoms with Crippen LogP contribution in [0.15, 0.2) is 34.9 Å². The fourth-order valence-corrected chi connectivity index (χ4v) is 1.80. The number of nitrogens with two attached hydrogens (primary N) is 1. The Kier molecular flexibility index (Phi) is 4.74. The second kappa shape index (κ2) is 6.53. The number of hydrogen-bond donors (Lipinski definition) is 1. The average Bonchev–Trinajstić information content (AvgIpc) is 2.45. The molecule has 110 valence electrons. The Morgan fingerprint density at radius 2 is 2.19 bits per heavy atom. The number of carbonyl (C=O) groups excluding carboxylic acids is 1. The lowest BCUT2D eigenvalue weighted by Crippen LogP contribution is -2.08. The van der Waals surface area contributed by atoms with Crippen LogP contribution in [0.3, 0.4) is 0 Å². The molecular weight excluding hydrogens is 343 g/mol. The molecule has 0 unspecified atom stereocenters. The van der Waals surface area contributed by atoms with E-state index in [0.717, 1.165) is 0 Å². The van der Waals surface area contributed by atoms with Crippen molar-refractivity contribution in [3.63, 3.8) is 0 Å². The summed E-state index contributed by atoms with van der Waals surface area (Å²) in [7, 11) is 0. The first-order valence-corrected chi connectivity index (χ1v) is 6.86. The van der Waals surface area contributed by atoms with E-state index >= 15 is 0 Å². The number of anilines is 1. The van der Waals surface area contributed by atoms with Crippen molar-refractivity contribution in [1.29, 1.82) is 0 Å². The molecule has 1 aromatic carbocycles. The molecule has 0 atom stereocenters. The van der Waals surface area contributed by atoms with Gasteiger partial charge in [-0.1, -0.05) is 0 Å². The SMILES string of the molecule is CCOC(=O)c1cc(Oc2ccc(Br)c(F)c2)ncc1N. The van der Waals surface area contributed by atoms with Crippen LogP contribution in [0.2, 0.25) is 0 Å². The van der Waals surface area contributed by atoms with Crippen LogP contribution in [-0.4, -0.2) is 17.6 Å². The molecule has 5 nitrogen and oxygen atoms in total. The van der Waals surface area contributed by atoms with Gasteiger partial charge in [-0.3, -0.25) is 0 Å². The normalized spacial score (nSPS) is 10.2. The summed E-state index contributed by atoms with van der Waals surface area (Å²) in [5, 5.41) is 0. The van der Waals surface area contributed by atoms with E-state index < -0.39 is 11.8 Å². The lowest BCUT2D eigenvalue weighted by molar-refractivity contribution is 0.0527. The highest BCUT2D eigenvalue weighted by Gasteiger charge is 2.13. The number of benzene rings is 1. The maximum absolute atomic E-state index is 13.4. The van der Waals surface area contributed by atoms with E-state index in [1.54, 1.807) is 13.0 Å². The summed E-state index contributed by atoms with van der Waals surface area (Å²) in [6.45, 7) is 1.92. The summed E-state index contributed by atoms with van der Waals surface area (Å²) in [6, 6.07) is 5.63. The van der Waals surface area contributed by atoms with Gasteiger partial charge < -0.3 is 15.2 Å². The number of aromatic nitrogens is 1. The van der Waals surface area contributed by atoms with E-state index in [-0.39, 0.29) is 29.5 Å². The molecule has 0 saturated carbocycles. The molecule has 1 aromatic heterocycles. The summed E-state index contributed by atoms with van der Waals surface area (Å²) < 4.78 is 24.0. The number of pyridine rings is 1. The third-order valence-corrected chi connectivity index (χ3v) is 3.16. The quantitative estimate of drug-likeness (QED) is 0.850. The number of nitrogen functional groups attached to an aromatic ring is 1. The fraction of sp³-hybridized carbons (Fsp3) is 0.143. The zero-order valence-corrected chi connectivity index (χ0v) is 12.7. The number of esters is 1. The monoisotopic (exact) mass is 354 g/mol. The Bertz CT molecular complexity index is 679. The zero-order chi connectivity index (χ0) is 15.4. The Morgan fingerprint density at radius 1 is 1.43 bits per heavy atom. The molecule has 1 heterocycles. The van der Waals surface area contributed by atoms with E-state index in [9.17, 15) is 9.18 Å². The highest BCUT2D eigenvalue weighted by atomic mass is 79.9. The molecule has 2 aromatic rings. The van der Waals surface area contributed by atoms with Crippen LogP contribution in [0.4, 0.5) is 10.1 Å². The maximum Gasteiger partial charge on any atom is 0.340 e. The Labute approximate surface area is 129 Å². The highest BCUT2D eigenvalue weighted by Crippen LogP contribution is 2.26. The van der Waals surface area contributed by atoms with E-state index in [1.165, 1.54) is 24.4 Å². The summed E-state index contributed by atoms with van der Waals surface area (Å²) in [5.74, 6) is -0.658. The lowest BCUT2D eigenvalue weighted by atomic mass is 10.2. The zero-order valence-electron chi connectivity index (χ0n) is 11.1. The molecule has 0 bridgehead atoms.